The van der Waals surface area contributed by atoms with Gasteiger partial charge in [-0.1, -0.05) is 36.4 Å². The number of rotatable bonds is 4. The van der Waals surface area contributed by atoms with E-state index in [0.29, 0.717) is 5.56 Å². The Balaban J connectivity index is 2.24. The highest BCUT2D eigenvalue weighted by molar-refractivity contribution is 5.97. The van der Waals surface area contributed by atoms with Crippen LogP contribution in [0.2, 0.25) is 0 Å². The van der Waals surface area contributed by atoms with Crippen molar-refractivity contribution in [1.82, 2.24) is 0 Å². The number of anilines is 1. The molecule has 0 bridgehead atoms. The Morgan fingerprint density at radius 3 is 2.52 bits per heavy atom. The Labute approximate surface area is 121 Å². The molecule has 0 saturated carbocycles. The fourth-order valence-electron chi connectivity index (χ4n) is 1.93. The predicted octanol–water partition coefficient (Wildman–Crippen LogP) is 2.54. The number of aryl methyl sites for hydroxylation is 1. The lowest BCUT2D eigenvalue weighted by Gasteiger charge is -2.13. The van der Waals surface area contributed by atoms with Crippen LogP contribution in [0.5, 0.6) is 0 Å². The maximum Gasteiger partial charge on any atom is 0.292 e. The van der Waals surface area contributed by atoms with E-state index in [1.165, 1.54) is 6.07 Å². The van der Waals surface area contributed by atoms with Gasteiger partial charge in [-0.15, -0.1) is 0 Å². The Kier molecular flexibility index (Phi) is 4.30. The van der Waals surface area contributed by atoms with Gasteiger partial charge in [0.25, 0.3) is 5.69 Å². The molecule has 2 rings (SSSR count). The zero-order valence-corrected chi connectivity index (χ0v) is 11.4. The zero-order chi connectivity index (χ0) is 15.4. The fourth-order valence-corrected chi connectivity index (χ4v) is 1.93. The first-order valence-electron chi connectivity index (χ1n) is 6.35. The van der Waals surface area contributed by atoms with Gasteiger partial charge in [-0.25, -0.2) is 0 Å². The van der Waals surface area contributed by atoms with Crippen molar-refractivity contribution in [2.75, 3.05) is 5.32 Å². The molecule has 3 N–H and O–H groups in total. The first kappa shape index (κ1) is 14.7. The Bertz CT molecular complexity index is 671. The molecule has 0 aliphatic rings. The molecule has 0 radical (unpaired) electrons. The molecule has 1 atom stereocenters. The quantitative estimate of drug-likeness (QED) is 0.666. The van der Waals surface area contributed by atoms with Crippen LogP contribution < -0.4 is 11.1 Å². The summed E-state index contributed by atoms with van der Waals surface area (Å²) in [5.74, 6) is -0.491. The van der Waals surface area contributed by atoms with Crippen LogP contribution in [0.4, 0.5) is 11.4 Å². The van der Waals surface area contributed by atoms with E-state index in [1.54, 1.807) is 43.3 Å². The fraction of sp³-hybridized carbons (Fsp3) is 0.133. The molecule has 6 nitrogen and oxygen atoms in total. The van der Waals surface area contributed by atoms with E-state index in [1.807, 2.05) is 6.07 Å². The number of nitro benzene ring substituents is 1. The largest absolute Gasteiger partial charge is 0.319 e. The minimum Gasteiger partial charge on any atom is -0.319 e. The van der Waals surface area contributed by atoms with E-state index in [2.05, 4.69) is 5.32 Å². The van der Waals surface area contributed by atoms with Crippen molar-refractivity contribution in [3.8, 4) is 0 Å². The summed E-state index contributed by atoms with van der Waals surface area (Å²) in [6, 6.07) is 12.5. The van der Waals surface area contributed by atoms with Crippen molar-refractivity contribution < 1.29 is 9.72 Å². The average molecular weight is 285 g/mol. The van der Waals surface area contributed by atoms with E-state index in [0.717, 1.165) is 5.56 Å². The van der Waals surface area contributed by atoms with E-state index in [-0.39, 0.29) is 11.4 Å². The van der Waals surface area contributed by atoms with E-state index < -0.39 is 16.9 Å². The van der Waals surface area contributed by atoms with Crippen LogP contribution in [0, 0.1) is 17.0 Å². The molecule has 0 fully saturated rings. The van der Waals surface area contributed by atoms with Crippen LogP contribution in [-0.4, -0.2) is 10.8 Å². The first-order valence-corrected chi connectivity index (χ1v) is 6.35. The molecule has 2 aromatic rings. The van der Waals surface area contributed by atoms with Crippen molar-refractivity contribution >= 4 is 17.3 Å². The maximum atomic E-state index is 12.1. The van der Waals surface area contributed by atoms with Gasteiger partial charge in [-0.2, -0.15) is 0 Å². The number of amides is 1. The maximum absolute atomic E-state index is 12.1. The van der Waals surface area contributed by atoms with Crippen LogP contribution in [0.15, 0.2) is 48.5 Å². The molecule has 21 heavy (non-hydrogen) atoms. The molecule has 1 amide bonds. The smallest absolute Gasteiger partial charge is 0.292 e. The van der Waals surface area contributed by atoms with Crippen molar-refractivity contribution in [2.24, 2.45) is 5.73 Å². The monoisotopic (exact) mass is 285 g/mol. The second-order valence-electron chi connectivity index (χ2n) is 4.66. The van der Waals surface area contributed by atoms with Gasteiger partial charge in [0.1, 0.15) is 11.7 Å². The Hall–Kier alpha value is -2.73. The van der Waals surface area contributed by atoms with Crippen molar-refractivity contribution in [1.29, 1.82) is 0 Å². The molecule has 108 valence electrons. The van der Waals surface area contributed by atoms with Gasteiger partial charge >= 0.3 is 0 Å². The van der Waals surface area contributed by atoms with Gasteiger partial charge in [0.15, 0.2) is 0 Å². The van der Waals surface area contributed by atoms with Gasteiger partial charge in [0.2, 0.25) is 5.91 Å². The molecule has 0 aliphatic heterocycles. The highest BCUT2D eigenvalue weighted by Crippen LogP contribution is 2.26. The number of hydrogen-bond acceptors (Lipinski definition) is 4. The lowest BCUT2D eigenvalue weighted by molar-refractivity contribution is -0.383. The number of nitrogens with zero attached hydrogens (tertiary/aromatic N) is 1. The van der Waals surface area contributed by atoms with Crippen LogP contribution in [-0.2, 0) is 4.79 Å². The normalized spacial score (nSPS) is 11.7. The standard InChI is InChI=1S/C15H15N3O3/c1-10-7-8-13(18(20)21)12(9-10)17-15(19)14(16)11-5-3-2-4-6-11/h2-9,14H,16H2,1H3,(H,17,19)/t14-/m0/s1. The minimum absolute atomic E-state index is 0.149. The van der Waals surface area contributed by atoms with Crippen molar-refractivity contribution in [3.63, 3.8) is 0 Å². The molecular formula is C15H15N3O3. The third kappa shape index (κ3) is 3.43. The summed E-state index contributed by atoms with van der Waals surface area (Å²) >= 11 is 0. The third-order valence-electron chi connectivity index (χ3n) is 3.05. The number of nitrogens with one attached hydrogen (secondary N) is 1. The van der Waals surface area contributed by atoms with Crippen LogP contribution in [0.25, 0.3) is 0 Å². The summed E-state index contributed by atoms with van der Waals surface area (Å²) < 4.78 is 0. The minimum atomic E-state index is -0.883. The summed E-state index contributed by atoms with van der Waals surface area (Å²) in [5.41, 5.74) is 7.31. The van der Waals surface area contributed by atoms with Gasteiger partial charge in [0.05, 0.1) is 4.92 Å². The molecule has 0 aromatic heterocycles. The summed E-state index contributed by atoms with van der Waals surface area (Å²) in [6.07, 6.45) is 0. The summed E-state index contributed by atoms with van der Waals surface area (Å²) in [7, 11) is 0. The van der Waals surface area contributed by atoms with E-state index in [9.17, 15) is 14.9 Å². The lowest BCUT2D eigenvalue weighted by atomic mass is 10.1. The van der Waals surface area contributed by atoms with Gasteiger partial charge in [-0.05, 0) is 24.1 Å². The first-order chi connectivity index (χ1) is 9.99. The molecule has 6 heteroatoms. The van der Waals surface area contributed by atoms with Gasteiger partial charge in [-0.3, -0.25) is 14.9 Å². The topological polar surface area (TPSA) is 98.3 Å². The average Bonchev–Trinajstić information content (AvgIpc) is 2.47. The summed E-state index contributed by atoms with van der Waals surface area (Å²) in [5, 5.41) is 13.5. The van der Waals surface area contributed by atoms with E-state index in [4.69, 9.17) is 5.73 Å². The number of nitrogens with two attached hydrogens (primary N) is 1. The number of hydrogen-bond donors (Lipinski definition) is 2. The number of nitro groups is 1. The van der Waals surface area contributed by atoms with Gasteiger partial charge in [0, 0.05) is 6.07 Å². The zero-order valence-electron chi connectivity index (χ0n) is 11.4. The Morgan fingerprint density at radius 2 is 1.90 bits per heavy atom. The second-order valence-corrected chi connectivity index (χ2v) is 4.66. The number of carbonyl (C=O) groups is 1. The highest BCUT2D eigenvalue weighted by atomic mass is 16.6. The second kappa shape index (κ2) is 6.15. The lowest BCUT2D eigenvalue weighted by Crippen LogP contribution is -2.28. The van der Waals surface area contributed by atoms with Crippen LogP contribution >= 0.6 is 0 Å². The molecule has 0 heterocycles. The van der Waals surface area contributed by atoms with E-state index >= 15 is 0 Å². The number of benzene rings is 2. The molecule has 0 saturated heterocycles. The summed E-state index contributed by atoms with van der Waals surface area (Å²) in [4.78, 5) is 22.6. The third-order valence-corrected chi connectivity index (χ3v) is 3.05. The highest BCUT2D eigenvalue weighted by Gasteiger charge is 2.20. The van der Waals surface area contributed by atoms with Crippen molar-refractivity contribution in [2.45, 2.75) is 13.0 Å². The van der Waals surface area contributed by atoms with Crippen LogP contribution in [0.1, 0.15) is 17.2 Å². The molecular weight excluding hydrogens is 270 g/mol. The van der Waals surface area contributed by atoms with Crippen molar-refractivity contribution in [3.05, 3.63) is 69.8 Å². The SMILES string of the molecule is Cc1ccc([N+](=O)[O-])c(NC(=O)[C@@H](N)c2ccccc2)c1. The predicted molar refractivity (Wildman–Crippen MR) is 79.8 cm³/mol. The van der Waals surface area contributed by atoms with Gasteiger partial charge < -0.3 is 11.1 Å². The molecule has 2 aromatic carbocycles. The molecule has 0 aliphatic carbocycles. The molecule has 0 unspecified atom stereocenters. The molecule has 0 spiro atoms. The number of carbonyl (C=O) groups excluding carboxylic acids is 1. The summed E-state index contributed by atoms with van der Waals surface area (Å²) in [6.45, 7) is 1.79. The van der Waals surface area contributed by atoms with Crippen LogP contribution in [0.3, 0.4) is 0 Å². The Morgan fingerprint density at radius 1 is 1.24 bits per heavy atom.